The predicted octanol–water partition coefficient (Wildman–Crippen LogP) is 5.07. The van der Waals surface area contributed by atoms with E-state index in [0.29, 0.717) is 17.9 Å². The topological polar surface area (TPSA) is 60.4 Å². The zero-order chi connectivity index (χ0) is 19.1. The average Bonchev–Trinajstić information content (AvgIpc) is 2.54. The van der Waals surface area contributed by atoms with Gasteiger partial charge >= 0.3 is 5.97 Å². The average molecular weight is 480 g/mol. The summed E-state index contributed by atoms with van der Waals surface area (Å²) in [5.74, 6) is -0.163. The molecule has 25 heavy (non-hydrogen) atoms. The van der Waals surface area contributed by atoms with Crippen LogP contribution in [0.2, 0.25) is 0 Å². The number of esters is 1. The number of carbonyl (C=O) groups is 1. The monoisotopic (exact) mass is 480 g/mol. The van der Waals surface area contributed by atoms with Gasteiger partial charge in [0.05, 0.1) is 16.9 Å². The fourth-order valence-corrected chi connectivity index (χ4v) is 5.12. The first-order valence-electron chi connectivity index (χ1n) is 8.73. The zero-order valence-electron chi connectivity index (χ0n) is 15.5. The van der Waals surface area contributed by atoms with Crippen LogP contribution in [0.3, 0.4) is 0 Å². The number of hydrogen-bond acceptors (Lipinski definition) is 4. The highest BCUT2D eigenvalue weighted by Crippen LogP contribution is 2.28. The number of ether oxygens (including phenoxy) is 1. The van der Waals surface area contributed by atoms with Gasteiger partial charge in [-0.1, -0.05) is 59.5 Å². The Balaban J connectivity index is 2.43. The predicted molar refractivity (Wildman–Crippen MR) is 110 cm³/mol. The maximum Gasteiger partial charge on any atom is 0.311 e. The van der Waals surface area contributed by atoms with Crippen LogP contribution in [-0.4, -0.2) is 24.3 Å². The zero-order valence-corrected chi connectivity index (χ0v) is 18.5. The molecular formula is C19H29IO4S. The molecule has 0 aliphatic heterocycles. The first-order valence-corrected chi connectivity index (χ1v) is 11.5. The molecule has 142 valence electrons. The fourth-order valence-electron chi connectivity index (χ4n) is 2.51. The number of sulfone groups is 1. The van der Waals surface area contributed by atoms with Gasteiger partial charge < -0.3 is 4.74 Å². The number of halogens is 1. The van der Waals surface area contributed by atoms with E-state index in [9.17, 15) is 13.2 Å². The molecule has 1 unspecified atom stereocenters. The lowest BCUT2D eigenvalue weighted by atomic mass is 9.87. The summed E-state index contributed by atoms with van der Waals surface area (Å²) in [5, 5.41) is 0. The Labute approximate surface area is 165 Å². The van der Waals surface area contributed by atoms with Gasteiger partial charge in [0.2, 0.25) is 0 Å². The van der Waals surface area contributed by atoms with Crippen molar-refractivity contribution in [3.05, 3.63) is 29.8 Å². The molecule has 4 nitrogen and oxygen atoms in total. The molecular weight excluding hydrogens is 451 g/mol. The molecule has 0 saturated carbocycles. The van der Waals surface area contributed by atoms with Crippen molar-refractivity contribution in [2.45, 2.75) is 68.0 Å². The van der Waals surface area contributed by atoms with Gasteiger partial charge in [0.15, 0.2) is 9.84 Å². The molecule has 6 heteroatoms. The molecule has 0 fully saturated rings. The standard InChI is InChI=1S/C19H29IO4S/c1-5-24-18(21)19(3,4)14-8-6-7-9-17(20)25(22,23)16-12-10-15(2)11-13-16/h10-13,17H,5-9,14H2,1-4H3. The lowest BCUT2D eigenvalue weighted by Gasteiger charge is -2.22. The first kappa shape index (κ1) is 22.4. The third-order valence-corrected chi connectivity index (χ3v) is 8.72. The number of benzene rings is 1. The SMILES string of the molecule is CCOC(=O)C(C)(C)CCCCCC(I)S(=O)(=O)c1ccc(C)cc1. The Morgan fingerprint density at radius 3 is 2.32 bits per heavy atom. The summed E-state index contributed by atoms with van der Waals surface area (Å²) in [5.41, 5.74) is 0.571. The number of carbonyl (C=O) groups excluding carboxylic acids is 1. The van der Waals surface area contributed by atoms with Crippen LogP contribution in [0, 0.1) is 12.3 Å². The van der Waals surface area contributed by atoms with Crippen molar-refractivity contribution in [3.8, 4) is 0 Å². The second-order valence-corrected chi connectivity index (χ2v) is 11.5. The van der Waals surface area contributed by atoms with Crippen molar-refractivity contribution >= 4 is 38.4 Å². The van der Waals surface area contributed by atoms with Gasteiger partial charge in [-0.15, -0.1) is 0 Å². The fraction of sp³-hybridized carbons (Fsp3) is 0.632. The van der Waals surface area contributed by atoms with Crippen LogP contribution >= 0.6 is 22.6 Å². The van der Waals surface area contributed by atoms with Gasteiger partial charge in [0, 0.05) is 0 Å². The summed E-state index contributed by atoms with van der Waals surface area (Å²) in [6.45, 7) is 7.94. The van der Waals surface area contributed by atoms with E-state index in [0.717, 1.165) is 31.2 Å². The van der Waals surface area contributed by atoms with E-state index in [2.05, 4.69) is 0 Å². The Morgan fingerprint density at radius 1 is 1.16 bits per heavy atom. The number of unbranched alkanes of at least 4 members (excludes halogenated alkanes) is 2. The van der Waals surface area contributed by atoms with Gasteiger partial charge in [0.25, 0.3) is 0 Å². The molecule has 0 radical (unpaired) electrons. The van der Waals surface area contributed by atoms with Gasteiger partial charge in [0.1, 0.15) is 3.26 Å². The number of aryl methyl sites for hydroxylation is 1. The minimum atomic E-state index is -3.28. The summed E-state index contributed by atoms with van der Waals surface area (Å²) < 4.78 is 29.8. The molecule has 1 atom stereocenters. The second kappa shape index (κ2) is 9.90. The highest BCUT2D eigenvalue weighted by Gasteiger charge is 2.28. The minimum Gasteiger partial charge on any atom is -0.466 e. The molecule has 1 aromatic carbocycles. The van der Waals surface area contributed by atoms with Crippen molar-refractivity contribution in [1.29, 1.82) is 0 Å². The Morgan fingerprint density at radius 2 is 1.76 bits per heavy atom. The first-order chi connectivity index (χ1) is 11.6. The molecule has 0 spiro atoms. The summed E-state index contributed by atoms with van der Waals surface area (Å²) in [7, 11) is -3.28. The van der Waals surface area contributed by atoms with Crippen molar-refractivity contribution in [3.63, 3.8) is 0 Å². The van der Waals surface area contributed by atoms with Gasteiger partial charge in [-0.3, -0.25) is 4.79 Å². The summed E-state index contributed by atoms with van der Waals surface area (Å²) >= 11 is 2.02. The minimum absolute atomic E-state index is 0.163. The Kier molecular flexibility index (Phi) is 8.87. The van der Waals surface area contributed by atoms with Crippen molar-refractivity contribution in [1.82, 2.24) is 0 Å². The molecule has 0 amide bonds. The summed E-state index contributed by atoms with van der Waals surface area (Å²) in [4.78, 5) is 12.2. The summed E-state index contributed by atoms with van der Waals surface area (Å²) in [6, 6.07) is 7.01. The van der Waals surface area contributed by atoms with Crippen LogP contribution in [0.1, 0.15) is 58.4 Å². The van der Waals surface area contributed by atoms with E-state index in [1.54, 1.807) is 12.1 Å². The van der Waals surface area contributed by atoms with Crippen molar-refractivity contribution < 1.29 is 17.9 Å². The van der Waals surface area contributed by atoms with Gasteiger partial charge in [-0.25, -0.2) is 8.42 Å². The van der Waals surface area contributed by atoms with E-state index in [4.69, 9.17) is 4.74 Å². The highest BCUT2D eigenvalue weighted by molar-refractivity contribution is 14.1. The van der Waals surface area contributed by atoms with Gasteiger partial charge in [-0.05, 0) is 52.7 Å². The smallest absolute Gasteiger partial charge is 0.311 e. The van der Waals surface area contributed by atoms with Crippen molar-refractivity contribution in [2.24, 2.45) is 5.41 Å². The van der Waals surface area contributed by atoms with Crippen LogP contribution in [0.15, 0.2) is 29.2 Å². The molecule has 1 aromatic rings. The molecule has 1 rings (SSSR count). The lowest BCUT2D eigenvalue weighted by molar-refractivity contribution is -0.153. The van der Waals surface area contributed by atoms with Crippen LogP contribution in [0.25, 0.3) is 0 Å². The number of rotatable bonds is 10. The molecule has 0 N–H and O–H groups in total. The Bertz CT molecular complexity index is 651. The van der Waals surface area contributed by atoms with Crippen LogP contribution in [-0.2, 0) is 19.4 Å². The maximum absolute atomic E-state index is 12.6. The van der Waals surface area contributed by atoms with Crippen LogP contribution in [0.5, 0.6) is 0 Å². The van der Waals surface area contributed by atoms with Gasteiger partial charge in [-0.2, -0.15) is 0 Å². The molecule has 0 saturated heterocycles. The summed E-state index contributed by atoms with van der Waals surface area (Å²) in [6.07, 6.45) is 4.00. The van der Waals surface area contributed by atoms with E-state index < -0.39 is 18.5 Å². The highest BCUT2D eigenvalue weighted by atomic mass is 127. The van der Waals surface area contributed by atoms with E-state index in [-0.39, 0.29) is 5.97 Å². The molecule has 0 bridgehead atoms. The van der Waals surface area contributed by atoms with E-state index >= 15 is 0 Å². The molecule has 0 aliphatic rings. The van der Waals surface area contributed by atoms with Crippen LogP contribution < -0.4 is 0 Å². The normalized spacial score (nSPS) is 13.5. The largest absolute Gasteiger partial charge is 0.466 e. The maximum atomic E-state index is 12.6. The lowest BCUT2D eigenvalue weighted by Crippen LogP contribution is -2.26. The Hall–Kier alpha value is -0.630. The quantitative estimate of drug-likeness (QED) is 0.203. The number of hydrogen-bond donors (Lipinski definition) is 0. The molecule has 0 aromatic heterocycles. The third kappa shape index (κ3) is 6.89. The molecule has 0 heterocycles. The second-order valence-electron chi connectivity index (χ2n) is 6.97. The van der Waals surface area contributed by atoms with Crippen LogP contribution in [0.4, 0.5) is 0 Å². The third-order valence-electron chi connectivity index (χ3n) is 4.25. The van der Waals surface area contributed by atoms with E-state index in [1.807, 2.05) is 62.4 Å². The number of alkyl halides is 1. The molecule has 0 aliphatic carbocycles. The van der Waals surface area contributed by atoms with Crippen molar-refractivity contribution in [2.75, 3.05) is 6.61 Å². The van der Waals surface area contributed by atoms with E-state index in [1.165, 1.54) is 0 Å².